The van der Waals surface area contributed by atoms with Crippen LogP contribution >= 0.6 is 0 Å². The number of aliphatic carboxylic acids is 1. The van der Waals surface area contributed by atoms with Gasteiger partial charge in [0.25, 0.3) is 0 Å². The van der Waals surface area contributed by atoms with Gasteiger partial charge in [-0.15, -0.1) is 0 Å². The molecule has 0 aliphatic heterocycles. The van der Waals surface area contributed by atoms with Crippen LogP contribution in [0, 0.1) is 5.92 Å². The molecule has 0 fully saturated rings. The van der Waals surface area contributed by atoms with E-state index in [1.54, 1.807) is 11.8 Å². The van der Waals surface area contributed by atoms with Gasteiger partial charge in [0.05, 0.1) is 13.0 Å². The van der Waals surface area contributed by atoms with Gasteiger partial charge in [0.15, 0.2) is 0 Å². The quantitative estimate of drug-likeness (QED) is 0.889. The van der Waals surface area contributed by atoms with Crippen LogP contribution in [0.1, 0.15) is 18.9 Å². The van der Waals surface area contributed by atoms with Crippen molar-refractivity contribution < 1.29 is 14.7 Å². The first kappa shape index (κ1) is 15.8. The summed E-state index contributed by atoms with van der Waals surface area (Å²) in [5.41, 5.74) is 1.77. The summed E-state index contributed by atoms with van der Waals surface area (Å²) in [7, 11) is 0. The molecule has 4 heteroatoms. The number of nitrogens with zero attached hydrogens (tertiary/aromatic N) is 1. The molecule has 0 spiro atoms. The molecule has 0 heterocycles. The third kappa shape index (κ3) is 4.19. The van der Waals surface area contributed by atoms with Crippen LogP contribution < -0.4 is 4.90 Å². The summed E-state index contributed by atoms with van der Waals surface area (Å²) in [6.07, 6.45) is -0.170. The highest BCUT2D eigenvalue weighted by molar-refractivity contribution is 5.96. The number of carbonyl (C=O) groups excluding carboxylic acids is 1. The average Bonchev–Trinajstić information content (AvgIpc) is 2.53. The zero-order valence-electron chi connectivity index (χ0n) is 12.5. The van der Waals surface area contributed by atoms with Crippen molar-refractivity contribution in [2.24, 2.45) is 5.92 Å². The van der Waals surface area contributed by atoms with Crippen LogP contribution in [-0.2, 0) is 16.1 Å². The van der Waals surface area contributed by atoms with E-state index in [9.17, 15) is 9.59 Å². The number of benzene rings is 2. The number of carbonyl (C=O) groups is 2. The maximum Gasteiger partial charge on any atom is 0.304 e. The van der Waals surface area contributed by atoms with Crippen molar-refractivity contribution in [1.29, 1.82) is 0 Å². The summed E-state index contributed by atoms with van der Waals surface area (Å²) < 4.78 is 0. The second kappa shape index (κ2) is 7.41. The molecule has 0 aliphatic rings. The number of rotatable bonds is 6. The third-order valence-corrected chi connectivity index (χ3v) is 3.42. The average molecular weight is 297 g/mol. The van der Waals surface area contributed by atoms with Crippen molar-refractivity contribution >= 4 is 17.6 Å². The molecule has 1 atom stereocenters. The van der Waals surface area contributed by atoms with Gasteiger partial charge < -0.3 is 10.0 Å². The van der Waals surface area contributed by atoms with Crippen LogP contribution in [0.4, 0.5) is 5.69 Å². The molecule has 0 aliphatic carbocycles. The number of amides is 1. The van der Waals surface area contributed by atoms with E-state index < -0.39 is 11.9 Å². The maximum absolute atomic E-state index is 12.6. The molecule has 4 nitrogen and oxygen atoms in total. The largest absolute Gasteiger partial charge is 0.481 e. The first-order valence-corrected chi connectivity index (χ1v) is 7.20. The van der Waals surface area contributed by atoms with Crippen molar-refractivity contribution in [3.63, 3.8) is 0 Å². The van der Waals surface area contributed by atoms with Gasteiger partial charge in [-0.1, -0.05) is 55.5 Å². The van der Waals surface area contributed by atoms with Gasteiger partial charge in [-0.25, -0.2) is 0 Å². The number of carboxylic acid groups (broad SMARTS) is 1. The summed E-state index contributed by atoms with van der Waals surface area (Å²) in [5.74, 6) is -1.72. The molecular weight excluding hydrogens is 278 g/mol. The molecule has 1 unspecified atom stereocenters. The molecule has 1 N–H and O–H groups in total. The van der Waals surface area contributed by atoms with Crippen LogP contribution in [0.25, 0.3) is 0 Å². The fraction of sp³-hybridized carbons (Fsp3) is 0.222. The minimum absolute atomic E-state index is 0.170. The summed E-state index contributed by atoms with van der Waals surface area (Å²) >= 11 is 0. The van der Waals surface area contributed by atoms with Crippen LogP contribution in [0.2, 0.25) is 0 Å². The fourth-order valence-electron chi connectivity index (χ4n) is 2.29. The fourth-order valence-corrected chi connectivity index (χ4v) is 2.29. The lowest BCUT2D eigenvalue weighted by Gasteiger charge is -2.25. The zero-order valence-corrected chi connectivity index (χ0v) is 12.5. The highest BCUT2D eigenvalue weighted by atomic mass is 16.4. The first-order valence-electron chi connectivity index (χ1n) is 7.20. The SMILES string of the molecule is CC(CC(=O)O)C(=O)N(Cc1ccccc1)c1ccccc1. The second-order valence-corrected chi connectivity index (χ2v) is 5.24. The monoisotopic (exact) mass is 297 g/mol. The highest BCUT2D eigenvalue weighted by Crippen LogP contribution is 2.20. The second-order valence-electron chi connectivity index (χ2n) is 5.24. The van der Waals surface area contributed by atoms with Gasteiger partial charge in [-0.2, -0.15) is 0 Å². The van der Waals surface area contributed by atoms with Crippen LogP contribution in [-0.4, -0.2) is 17.0 Å². The Morgan fingerprint density at radius 2 is 1.55 bits per heavy atom. The normalized spacial score (nSPS) is 11.7. The standard InChI is InChI=1S/C18H19NO3/c1-14(12-17(20)21)18(22)19(16-10-6-3-7-11-16)13-15-8-4-2-5-9-15/h2-11,14H,12-13H2,1H3,(H,20,21). The predicted molar refractivity (Wildman–Crippen MR) is 85.5 cm³/mol. The number of para-hydroxylation sites is 1. The smallest absolute Gasteiger partial charge is 0.304 e. The van der Waals surface area contributed by atoms with E-state index in [2.05, 4.69) is 0 Å². The van der Waals surface area contributed by atoms with Crippen molar-refractivity contribution in [2.45, 2.75) is 19.9 Å². The lowest BCUT2D eigenvalue weighted by molar-refractivity contribution is -0.140. The van der Waals surface area contributed by atoms with Gasteiger partial charge in [0, 0.05) is 11.6 Å². The molecule has 22 heavy (non-hydrogen) atoms. The Bertz CT molecular complexity index is 625. The molecule has 0 aromatic heterocycles. The number of hydrogen-bond acceptors (Lipinski definition) is 2. The van der Waals surface area contributed by atoms with Crippen molar-refractivity contribution in [2.75, 3.05) is 4.90 Å². The molecule has 2 aromatic rings. The van der Waals surface area contributed by atoms with E-state index in [0.29, 0.717) is 6.54 Å². The van der Waals surface area contributed by atoms with E-state index in [-0.39, 0.29) is 12.3 Å². The molecule has 1 amide bonds. The lowest BCUT2D eigenvalue weighted by atomic mass is 10.1. The van der Waals surface area contributed by atoms with Gasteiger partial charge in [-0.3, -0.25) is 9.59 Å². The summed E-state index contributed by atoms with van der Waals surface area (Å²) in [6.45, 7) is 2.07. The Kier molecular flexibility index (Phi) is 5.31. The van der Waals surface area contributed by atoms with E-state index in [1.807, 2.05) is 60.7 Å². The van der Waals surface area contributed by atoms with Crippen LogP contribution in [0.3, 0.4) is 0 Å². The molecule has 0 bridgehead atoms. The minimum Gasteiger partial charge on any atom is -0.481 e. The predicted octanol–water partition coefficient (Wildman–Crippen LogP) is 3.33. The molecule has 2 aromatic carbocycles. The molecule has 0 saturated heterocycles. The van der Waals surface area contributed by atoms with E-state index in [0.717, 1.165) is 11.3 Å². The number of carboxylic acids is 1. The first-order chi connectivity index (χ1) is 10.6. The molecule has 2 rings (SSSR count). The highest BCUT2D eigenvalue weighted by Gasteiger charge is 2.24. The molecule has 0 radical (unpaired) electrons. The van der Waals surface area contributed by atoms with Gasteiger partial charge >= 0.3 is 5.97 Å². The maximum atomic E-state index is 12.6. The zero-order chi connectivity index (χ0) is 15.9. The topological polar surface area (TPSA) is 57.6 Å². The van der Waals surface area contributed by atoms with Crippen LogP contribution in [0.15, 0.2) is 60.7 Å². The molecule has 0 saturated carbocycles. The Hall–Kier alpha value is -2.62. The van der Waals surface area contributed by atoms with Crippen molar-refractivity contribution in [1.82, 2.24) is 0 Å². The minimum atomic E-state index is -0.964. The molecule has 114 valence electrons. The number of hydrogen-bond donors (Lipinski definition) is 1. The van der Waals surface area contributed by atoms with Gasteiger partial charge in [-0.05, 0) is 17.7 Å². The summed E-state index contributed by atoms with van der Waals surface area (Å²) in [6, 6.07) is 19.0. The Labute approximate surface area is 130 Å². The van der Waals surface area contributed by atoms with Gasteiger partial charge in [0.2, 0.25) is 5.91 Å². The lowest BCUT2D eigenvalue weighted by Crippen LogP contribution is -2.35. The summed E-state index contributed by atoms with van der Waals surface area (Å²) in [4.78, 5) is 25.1. The Morgan fingerprint density at radius 1 is 1.00 bits per heavy atom. The summed E-state index contributed by atoms with van der Waals surface area (Å²) in [5, 5.41) is 8.90. The van der Waals surface area contributed by atoms with E-state index in [1.165, 1.54) is 0 Å². The van der Waals surface area contributed by atoms with Gasteiger partial charge in [0.1, 0.15) is 0 Å². The Balaban J connectivity index is 2.25. The van der Waals surface area contributed by atoms with Crippen molar-refractivity contribution in [3.05, 3.63) is 66.2 Å². The molecular formula is C18H19NO3. The van der Waals surface area contributed by atoms with E-state index in [4.69, 9.17) is 5.11 Å². The number of anilines is 1. The third-order valence-electron chi connectivity index (χ3n) is 3.42. The van der Waals surface area contributed by atoms with E-state index >= 15 is 0 Å². The Morgan fingerprint density at radius 3 is 2.09 bits per heavy atom. The van der Waals surface area contributed by atoms with Crippen molar-refractivity contribution in [3.8, 4) is 0 Å². The van der Waals surface area contributed by atoms with Crippen LogP contribution in [0.5, 0.6) is 0 Å².